The molecule has 1 aliphatic rings. The average molecular weight is 476 g/mol. The lowest BCUT2D eigenvalue weighted by Crippen LogP contribution is -2.10. The molecule has 0 fully saturated rings. The first-order valence-electron chi connectivity index (χ1n) is 12.5. The van der Waals surface area contributed by atoms with Crippen LogP contribution in [-0.4, -0.2) is 25.1 Å². The summed E-state index contributed by atoms with van der Waals surface area (Å²) in [6, 6.07) is 10.7. The molecule has 4 rings (SSSR count). The smallest absolute Gasteiger partial charge is 0.338 e. The lowest BCUT2D eigenvalue weighted by molar-refractivity contribution is -0.111. The normalized spacial score (nSPS) is 13.4. The second kappa shape index (κ2) is 11.3. The summed E-state index contributed by atoms with van der Waals surface area (Å²) in [6.07, 6.45) is 7.68. The molecule has 0 aliphatic heterocycles. The Hall–Kier alpha value is -3.54. The molecule has 3 aromatic rings. The number of fused-ring (bicyclic) bond motifs is 3. The molecule has 0 atom stereocenters. The highest BCUT2D eigenvalue weighted by Crippen LogP contribution is 2.38. The molecular formula is C29H33NO5. The van der Waals surface area contributed by atoms with E-state index in [9.17, 15) is 9.59 Å². The largest absolute Gasteiger partial charge is 0.493 e. The minimum absolute atomic E-state index is 0.252. The molecule has 35 heavy (non-hydrogen) atoms. The molecule has 0 spiro atoms. The minimum atomic E-state index is -0.354. The Morgan fingerprint density at radius 1 is 1.09 bits per heavy atom. The zero-order valence-corrected chi connectivity index (χ0v) is 20.7. The maximum Gasteiger partial charge on any atom is 0.338 e. The third-order valence-electron chi connectivity index (χ3n) is 6.25. The Kier molecular flexibility index (Phi) is 7.91. The quantitative estimate of drug-likeness (QED) is 0.211. The van der Waals surface area contributed by atoms with Crippen molar-refractivity contribution in [3.63, 3.8) is 0 Å². The van der Waals surface area contributed by atoms with Crippen molar-refractivity contribution in [2.24, 2.45) is 0 Å². The molecule has 1 aliphatic carbocycles. The summed E-state index contributed by atoms with van der Waals surface area (Å²) >= 11 is 0. The molecule has 1 amide bonds. The number of rotatable bonds is 9. The van der Waals surface area contributed by atoms with Crippen LogP contribution in [0.15, 0.2) is 46.9 Å². The van der Waals surface area contributed by atoms with Crippen LogP contribution in [0.4, 0.5) is 5.69 Å². The van der Waals surface area contributed by atoms with Crippen LogP contribution in [0.2, 0.25) is 0 Å². The van der Waals surface area contributed by atoms with E-state index in [0.717, 1.165) is 66.4 Å². The first kappa shape index (κ1) is 24.6. The van der Waals surface area contributed by atoms with Gasteiger partial charge in [-0.15, -0.1) is 0 Å². The molecule has 6 heteroatoms. The Labute approximate surface area is 206 Å². The molecule has 1 heterocycles. The topological polar surface area (TPSA) is 77.8 Å². The third kappa shape index (κ3) is 5.76. The Morgan fingerprint density at radius 3 is 2.60 bits per heavy atom. The fourth-order valence-electron chi connectivity index (χ4n) is 4.41. The zero-order chi connectivity index (χ0) is 24.8. The van der Waals surface area contributed by atoms with E-state index in [4.69, 9.17) is 13.9 Å². The number of anilines is 1. The number of carbonyl (C=O) groups excluding carboxylic acids is 2. The van der Waals surface area contributed by atoms with E-state index in [2.05, 4.69) is 11.4 Å². The number of carbonyl (C=O) groups is 2. The Morgan fingerprint density at radius 2 is 1.86 bits per heavy atom. The van der Waals surface area contributed by atoms with Gasteiger partial charge in [-0.3, -0.25) is 4.79 Å². The van der Waals surface area contributed by atoms with Gasteiger partial charge < -0.3 is 19.2 Å². The number of hydrogen-bond donors (Lipinski definition) is 1. The molecule has 0 unspecified atom stereocenters. The molecule has 1 N–H and O–H groups in total. The van der Waals surface area contributed by atoms with Gasteiger partial charge in [-0.25, -0.2) is 4.79 Å². The van der Waals surface area contributed by atoms with Gasteiger partial charge in [0.25, 0.3) is 0 Å². The Balaban J connectivity index is 1.51. The summed E-state index contributed by atoms with van der Waals surface area (Å²) in [5, 5.41) is 3.97. The summed E-state index contributed by atoms with van der Waals surface area (Å²) in [7, 11) is 0. The van der Waals surface area contributed by atoms with Gasteiger partial charge in [-0.05, 0) is 75.4 Å². The molecule has 0 saturated carbocycles. The van der Waals surface area contributed by atoms with Crippen LogP contribution in [0, 0.1) is 0 Å². The highest BCUT2D eigenvalue weighted by Gasteiger charge is 2.20. The predicted molar refractivity (Wildman–Crippen MR) is 138 cm³/mol. The van der Waals surface area contributed by atoms with E-state index in [-0.39, 0.29) is 11.9 Å². The molecule has 0 saturated heterocycles. The van der Waals surface area contributed by atoms with Crippen molar-refractivity contribution in [1.82, 2.24) is 0 Å². The lowest BCUT2D eigenvalue weighted by Gasteiger charge is -2.12. The fraction of sp³-hybridized carbons (Fsp3) is 0.379. The van der Waals surface area contributed by atoms with Crippen LogP contribution < -0.4 is 10.1 Å². The fourth-order valence-corrected chi connectivity index (χ4v) is 4.41. The van der Waals surface area contributed by atoms with Gasteiger partial charge in [0, 0.05) is 40.8 Å². The van der Waals surface area contributed by atoms with Crippen molar-refractivity contribution < 1.29 is 23.5 Å². The Bertz CT molecular complexity index is 1240. The molecule has 1 aromatic heterocycles. The van der Waals surface area contributed by atoms with Crippen LogP contribution in [0.5, 0.6) is 5.75 Å². The number of nitrogens with one attached hydrogen (secondary N) is 1. The number of ether oxygens (including phenoxy) is 2. The van der Waals surface area contributed by atoms with Crippen LogP contribution >= 0.6 is 0 Å². The van der Waals surface area contributed by atoms with Gasteiger partial charge in [-0.1, -0.05) is 13.3 Å². The standard InChI is InChI=1S/C29H33NO5/c1-4-6-15-34-29(32)20-11-13-21(14-12-20)30-28(31)16-19(3)23-17-24-22-9-7-8-10-25(22)35-27(24)18-26(23)33-5-2/h11-14,16-18H,4-10,15H2,1-3H3,(H,30,31)/b19-16+. The van der Waals surface area contributed by atoms with Gasteiger partial charge >= 0.3 is 5.97 Å². The summed E-state index contributed by atoms with van der Waals surface area (Å²) in [6.45, 7) is 6.82. The van der Waals surface area contributed by atoms with Gasteiger partial charge in [-0.2, -0.15) is 0 Å². The van der Waals surface area contributed by atoms with Crippen molar-refractivity contribution in [3.8, 4) is 5.75 Å². The summed E-state index contributed by atoms with van der Waals surface area (Å²) in [5.74, 6) is 1.17. The van der Waals surface area contributed by atoms with Crippen molar-refractivity contribution in [2.75, 3.05) is 18.5 Å². The van der Waals surface area contributed by atoms with Crippen LogP contribution in [0.25, 0.3) is 16.5 Å². The van der Waals surface area contributed by atoms with Crippen molar-refractivity contribution in [2.45, 2.75) is 59.3 Å². The van der Waals surface area contributed by atoms with Crippen LogP contribution in [-0.2, 0) is 22.4 Å². The highest BCUT2D eigenvalue weighted by molar-refractivity contribution is 6.05. The first-order valence-corrected chi connectivity index (χ1v) is 12.5. The second-order valence-electron chi connectivity index (χ2n) is 8.87. The molecule has 2 aromatic carbocycles. The summed E-state index contributed by atoms with van der Waals surface area (Å²) in [5.41, 5.74) is 4.87. The first-order chi connectivity index (χ1) is 17.0. The predicted octanol–water partition coefficient (Wildman–Crippen LogP) is 6.71. The van der Waals surface area contributed by atoms with Gasteiger partial charge in [0.2, 0.25) is 5.91 Å². The number of unbranched alkanes of at least 4 members (excludes halogenated alkanes) is 1. The number of aryl methyl sites for hydroxylation is 2. The maximum absolute atomic E-state index is 12.8. The number of esters is 1. The summed E-state index contributed by atoms with van der Waals surface area (Å²) in [4.78, 5) is 24.8. The van der Waals surface area contributed by atoms with E-state index < -0.39 is 0 Å². The second-order valence-corrected chi connectivity index (χ2v) is 8.87. The van der Waals surface area contributed by atoms with E-state index >= 15 is 0 Å². The van der Waals surface area contributed by atoms with Crippen molar-refractivity contribution >= 4 is 34.1 Å². The van der Waals surface area contributed by atoms with Gasteiger partial charge in [0.1, 0.15) is 17.1 Å². The maximum atomic E-state index is 12.8. The van der Waals surface area contributed by atoms with Crippen LogP contribution in [0.1, 0.15) is 73.7 Å². The number of benzene rings is 2. The third-order valence-corrected chi connectivity index (χ3v) is 6.25. The van der Waals surface area contributed by atoms with Gasteiger partial charge in [0.05, 0.1) is 18.8 Å². The lowest BCUT2D eigenvalue weighted by atomic mass is 9.94. The van der Waals surface area contributed by atoms with Crippen molar-refractivity contribution in [3.05, 3.63) is 64.9 Å². The average Bonchev–Trinajstić information content (AvgIpc) is 3.21. The molecule has 0 bridgehead atoms. The van der Waals surface area contributed by atoms with E-state index in [0.29, 0.717) is 30.2 Å². The monoisotopic (exact) mass is 475 g/mol. The SMILES string of the molecule is CCCCOC(=O)c1ccc(NC(=O)/C=C(\C)c2cc3c4c(oc3cc2OCC)CCCC4)cc1. The van der Waals surface area contributed by atoms with Gasteiger partial charge in [0.15, 0.2) is 0 Å². The molecule has 6 nitrogen and oxygen atoms in total. The zero-order valence-electron chi connectivity index (χ0n) is 20.7. The van der Waals surface area contributed by atoms with E-state index in [1.54, 1.807) is 30.3 Å². The number of furan rings is 1. The molecule has 0 radical (unpaired) electrons. The van der Waals surface area contributed by atoms with E-state index in [1.807, 2.05) is 26.8 Å². The number of amides is 1. The molecule has 184 valence electrons. The highest BCUT2D eigenvalue weighted by atomic mass is 16.5. The number of hydrogen-bond acceptors (Lipinski definition) is 5. The van der Waals surface area contributed by atoms with Crippen molar-refractivity contribution in [1.29, 1.82) is 0 Å². The van der Waals surface area contributed by atoms with E-state index in [1.165, 1.54) is 5.56 Å². The minimum Gasteiger partial charge on any atom is -0.493 e. The summed E-state index contributed by atoms with van der Waals surface area (Å²) < 4.78 is 17.2. The van der Waals surface area contributed by atoms with Crippen LogP contribution in [0.3, 0.4) is 0 Å². The number of allylic oxidation sites excluding steroid dienone is 1. The molecular weight excluding hydrogens is 442 g/mol.